The first-order chi connectivity index (χ1) is 11.8. The van der Waals surface area contributed by atoms with Crippen LogP contribution in [0.15, 0.2) is 12.2 Å². The van der Waals surface area contributed by atoms with Gasteiger partial charge in [0.15, 0.2) is 0 Å². The molecule has 4 aliphatic rings. The van der Waals surface area contributed by atoms with E-state index in [0.717, 1.165) is 77.5 Å². The minimum Gasteiger partial charge on any atom is -0.381 e. The first-order valence-corrected chi connectivity index (χ1v) is 9.86. The van der Waals surface area contributed by atoms with Gasteiger partial charge >= 0.3 is 0 Å². The first-order valence-electron chi connectivity index (χ1n) is 9.86. The zero-order valence-corrected chi connectivity index (χ0v) is 14.8. The number of hydrogen-bond acceptors (Lipinski definition) is 3. The SMILES string of the molecule is O=C(C1CC=CC1)N1CCC2(CCOC[C@@H]2COCC2CC2)CC1. The van der Waals surface area contributed by atoms with E-state index in [-0.39, 0.29) is 5.92 Å². The fourth-order valence-corrected chi connectivity index (χ4v) is 4.68. The molecule has 1 atom stereocenters. The smallest absolute Gasteiger partial charge is 0.226 e. The van der Waals surface area contributed by atoms with Gasteiger partial charge in [0.1, 0.15) is 0 Å². The van der Waals surface area contributed by atoms with Crippen molar-refractivity contribution >= 4 is 5.91 Å². The van der Waals surface area contributed by atoms with E-state index in [0.29, 0.717) is 17.2 Å². The van der Waals surface area contributed by atoms with Crippen molar-refractivity contribution in [1.29, 1.82) is 0 Å². The minimum absolute atomic E-state index is 0.214. The van der Waals surface area contributed by atoms with Crippen LogP contribution in [0.1, 0.15) is 44.9 Å². The van der Waals surface area contributed by atoms with Crippen molar-refractivity contribution in [2.45, 2.75) is 44.9 Å². The third-order valence-corrected chi connectivity index (χ3v) is 6.73. The van der Waals surface area contributed by atoms with E-state index in [2.05, 4.69) is 17.1 Å². The number of ether oxygens (including phenoxy) is 2. The summed E-state index contributed by atoms with van der Waals surface area (Å²) in [5, 5.41) is 0. The number of nitrogens with zero attached hydrogens (tertiary/aromatic N) is 1. The predicted octanol–water partition coefficient (Wildman–Crippen LogP) is 3.02. The van der Waals surface area contributed by atoms with E-state index in [9.17, 15) is 4.79 Å². The highest BCUT2D eigenvalue weighted by Crippen LogP contribution is 2.45. The minimum atomic E-state index is 0.214. The van der Waals surface area contributed by atoms with Crippen molar-refractivity contribution in [1.82, 2.24) is 4.90 Å². The molecule has 0 unspecified atom stereocenters. The average Bonchev–Trinajstić information content (AvgIpc) is 3.27. The van der Waals surface area contributed by atoms with Gasteiger partial charge in [0.25, 0.3) is 0 Å². The highest BCUT2D eigenvalue weighted by atomic mass is 16.5. The summed E-state index contributed by atoms with van der Waals surface area (Å²) in [6.07, 6.45) is 12.3. The molecule has 0 radical (unpaired) electrons. The van der Waals surface area contributed by atoms with Crippen LogP contribution in [0.4, 0.5) is 0 Å². The maximum atomic E-state index is 12.6. The van der Waals surface area contributed by atoms with E-state index in [1.807, 2.05) is 0 Å². The predicted molar refractivity (Wildman–Crippen MR) is 92.6 cm³/mol. The molecule has 4 heteroatoms. The van der Waals surface area contributed by atoms with Gasteiger partial charge in [-0.05, 0) is 56.3 Å². The third-order valence-electron chi connectivity index (χ3n) is 6.73. The second kappa shape index (κ2) is 7.17. The van der Waals surface area contributed by atoms with Gasteiger partial charge in [-0.15, -0.1) is 0 Å². The highest BCUT2D eigenvalue weighted by Gasteiger charge is 2.44. The van der Waals surface area contributed by atoms with Crippen LogP contribution >= 0.6 is 0 Å². The number of hydrogen-bond donors (Lipinski definition) is 0. The van der Waals surface area contributed by atoms with E-state index >= 15 is 0 Å². The van der Waals surface area contributed by atoms with E-state index in [1.54, 1.807) is 0 Å². The van der Waals surface area contributed by atoms with Crippen LogP contribution < -0.4 is 0 Å². The summed E-state index contributed by atoms with van der Waals surface area (Å²) in [4.78, 5) is 14.8. The van der Waals surface area contributed by atoms with Crippen LogP contribution in [0.3, 0.4) is 0 Å². The van der Waals surface area contributed by atoms with Crippen molar-refractivity contribution in [2.24, 2.45) is 23.2 Å². The van der Waals surface area contributed by atoms with Gasteiger partial charge in [-0.1, -0.05) is 12.2 Å². The summed E-state index contributed by atoms with van der Waals surface area (Å²) in [6.45, 7) is 5.34. The number of carbonyl (C=O) groups is 1. The van der Waals surface area contributed by atoms with Crippen molar-refractivity contribution in [2.75, 3.05) is 39.5 Å². The Balaban J connectivity index is 1.31. The fraction of sp³-hybridized carbons (Fsp3) is 0.850. The van der Waals surface area contributed by atoms with E-state index in [1.165, 1.54) is 12.8 Å². The Hall–Kier alpha value is -0.870. The van der Waals surface area contributed by atoms with Crippen LogP contribution in [-0.2, 0) is 14.3 Å². The Kier molecular flexibility index (Phi) is 4.95. The molecule has 1 spiro atoms. The Labute approximate surface area is 145 Å². The molecule has 0 N–H and O–H groups in total. The molecule has 1 amide bonds. The Morgan fingerprint density at radius 1 is 1.12 bits per heavy atom. The van der Waals surface area contributed by atoms with Gasteiger partial charge in [-0.25, -0.2) is 0 Å². The summed E-state index contributed by atoms with van der Waals surface area (Å²) in [5.74, 6) is 1.93. The van der Waals surface area contributed by atoms with Crippen LogP contribution in [0.5, 0.6) is 0 Å². The van der Waals surface area contributed by atoms with Gasteiger partial charge in [0.2, 0.25) is 5.91 Å². The second-order valence-corrected chi connectivity index (χ2v) is 8.33. The van der Waals surface area contributed by atoms with Crippen molar-refractivity contribution in [3.05, 3.63) is 12.2 Å². The molecule has 0 aromatic heterocycles. The Bertz CT molecular complexity index is 469. The number of rotatable bonds is 5. The highest BCUT2D eigenvalue weighted by molar-refractivity contribution is 5.79. The molecule has 134 valence electrons. The second-order valence-electron chi connectivity index (χ2n) is 8.33. The van der Waals surface area contributed by atoms with Gasteiger partial charge in [0, 0.05) is 38.1 Å². The van der Waals surface area contributed by atoms with Crippen LogP contribution in [0.25, 0.3) is 0 Å². The fourth-order valence-electron chi connectivity index (χ4n) is 4.68. The van der Waals surface area contributed by atoms with Crippen LogP contribution in [0, 0.1) is 23.2 Å². The zero-order valence-electron chi connectivity index (χ0n) is 14.8. The van der Waals surface area contributed by atoms with Crippen LogP contribution in [-0.4, -0.2) is 50.3 Å². The quantitative estimate of drug-likeness (QED) is 0.726. The number of amides is 1. The Morgan fingerprint density at radius 3 is 2.58 bits per heavy atom. The largest absolute Gasteiger partial charge is 0.381 e. The van der Waals surface area contributed by atoms with Gasteiger partial charge in [-0.2, -0.15) is 0 Å². The van der Waals surface area contributed by atoms with Crippen LogP contribution in [0.2, 0.25) is 0 Å². The molecule has 24 heavy (non-hydrogen) atoms. The van der Waals surface area contributed by atoms with Gasteiger partial charge in [0.05, 0.1) is 13.2 Å². The molecular weight excluding hydrogens is 302 g/mol. The summed E-state index contributed by atoms with van der Waals surface area (Å²) >= 11 is 0. The molecule has 1 saturated carbocycles. The zero-order chi connectivity index (χ0) is 16.4. The third kappa shape index (κ3) is 3.55. The van der Waals surface area contributed by atoms with Crippen molar-refractivity contribution < 1.29 is 14.3 Å². The molecule has 2 aliphatic carbocycles. The van der Waals surface area contributed by atoms with Crippen molar-refractivity contribution in [3.63, 3.8) is 0 Å². The lowest BCUT2D eigenvalue weighted by molar-refractivity contribution is -0.142. The van der Waals surface area contributed by atoms with E-state index in [4.69, 9.17) is 9.47 Å². The molecule has 4 nitrogen and oxygen atoms in total. The summed E-state index contributed by atoms with van der Waals surface area (Å²) in [6, 6.07) is 0. The van der Waals surface area contributed by atoms with E-state index < -0.39 is 0 Å². The lowest BCUT2D eigenvalue weighted by atomic mass is 9.66. The van der Waals surface area contributed by atoms with Crippen molar-refractivity contribution in [3.8, 4) is 0 Å². The number of allylic oxidation sites excluding steroid dienone is 2. The monoisotopic (exact) mass is 333 g/mol. The lowest BCUT2D eigenvalue weighted by Crippen LogP contribution is -2.51. The first kappa shape index (κ1) is 16.6. The Morgan fingerprint density at radius 2 is 1.88 bits per heavy atom. The number of piperidine rings is 1. The molecule has 0 bridgehead atoms. The molecule has 4 rings (SSSR count). The molecule has 3 fully saturated rings. The molecular formula is C20H31NO3. The standard InChI is InChI=1S/C20H31NO3/c22-19(17-3-1-2-4-17)21-10-7-20(8-11-21)9-12-23-14-18(20)15-24-13-16-5-6-16/h1-2,16-18H,3-15H2/t18-/m1/s1. The topological polar surface area (TPSA) is 38.8 Å². The number of carbonyl (C=O) groups excluding carboxylic acids is 1. The van der Waals surface area contributed by atoms with Gasteiger partial charge < -0.3 is 14.4 Å². The average molecular weight is 333 g/mol. The summed E-state index contributed by atoms with van der Waals surface area (Å²) < 4.78 is 11.8. The number of likely N-dealkylation sites (tertiary alicyclic amines) is 1. The maximum Gasteiger partial charge on any atom is 0.226 e. The summed E-state index contributed by atoms with van der Waals surface area (Å²) in [5.41, 5.74) is 0.340. The normalized spacial score (nSPS) is 30.2. The molecule has 2 heterocycles. The molecule has 2 saturated heterocycles. The molecule has 0 aromatic rings. The molecule has 0 aromatic carbocycles. The lowest BCUT2D eigenvalue weighted by Gasteiger charge is -2.49. The molecule has 2 aliphatic heterocycles. The van der Waals surface area contributed by atoms with Gasteiger partial charge in [-0.3, -0.25) is 4.79 Å². The maximum absolute atomic E-state index is 12.6. The summed E-state index contributed by atoms with van der Waals surface area (Å²) in [7, 11) is 0.